The number of nitrogens with zero attached hydrogens (tertiary/aromatic N) is 3. The number of hydrogen-bond acceptors (Lipinski definition) is 5. The third kappa shape index (κ3) is 2.99. The number of benzene rings is 1. The van der Waals surface area contributed by atoms with Gasteiger partial charge < -0.3 is 14.2 Å². The van der Waals surface area contributed by atoms with E-state index in [0.29, 0.717) is 5.82 Å². The first-order chi connectivity index (χ1) is 10.0. The standard InChI is InChI=1S/C13H12F3N3O2/c14-13(15,16)10-8-19(6-7-20-10)12-17-11(18-21-12)9-4-2-1-3-5-9/h1-5,10H,6-8H2/t10-/m0/s1. The zero-order valence-corrected chi connectivity index (χ0v) is 10.9. The predicted molar refractivity (Wildman–Crippen MR) is 67.7 cm³/mol. The molecule has 5 nitrogen and oxygen atoms in total. The maximum absolute atomic E-state index is 12.7. The molecule has 8 heteroatoms. The van der Waals surface area contributed by atoms with Crippen LogP contribution in [0.15, 0.2) is 34.9 Å². The number of morpholine rings is 1. The summed E-state index contributed by atoms with van der Waals surface area (Å²) in [4.78, 5) is 5.54. The van der Waals surface area contributed by atoms with Gasteiger partial charge in [-0.05, 0) is 0 Å². The molecule has 1 saturated heterocycles. The minimum absolute atomic E-state index is 0.0345. The molecule has 2 heterocycles. The van der Waals surface area contributed by atoms with E-state index in [0.717, 1.165) is 5.56 Å². The van der Waals surface area contributed by atoms with E-state index in [-0.39, 0.29) is 25.7 Å². The van der Waals surface area contributed by atoms with Gasteiger partial charge >= 0.3 is 12.2 Å². The van der Waals surface area contributed by atoms with E-state index in [1.165, 1.54) is 4.90 Å². The fourth-order valence-electron chi connectivity index (χ4n) is 2.07. The van der Waals surface area contributed by atoms with Crippen molar-refractivity contribution in [2.75, 3.05) is 24.6 Å². The van der Waals surface area contributed by atoms with Gasteiger partial charge in [-0.2, -0.15) is 18.2 Å². The summed E-state index contributed by atoms with van der Waals surface area (Å²) in [5.41, 5.74) is 0.744. The molecule has 21 heavy (non-hydrogen) atoms. The van der Waals surface area contributed by atoms with E-state index in [4.69, 9.17) is 9.26 Å². The van der Waals surface area contributed by atoms with Crippen LogP contribution in [0.3, 0.4) is 0 Å². The Bertz CT molecular complexity index is 600. The average Bonchev–Trinajstić information content (AvgIpc) is 2.97. The summed E-state index contributed by atoms with van der Waals surface area (Å²) in [6.45, 7) is -0.101. The molecule has 2 aromatic rings. The number of anilines is 1. The minimum Gasteiger partial charge on any atom is -0.365 e. The normalized spacial score (nSPS) is 19.8. The summed E-state index contributed by atoms with van der Waals surface area (Å²) in [5.74, 6) is 0.348. The first-order valence-corrected chi connectivity index (χ1v) is 6.36. The van der Waals surface area contributed by atoms with E-state index >= 15 is 0 Å². The molecule has 1 fully saturated rings. The third-order valence-electron chi connectivity index (χ3n) is 3.15. The molecule has 0 spiro atoms. The van der Waals surface area contributed by atoms with Crippen LogP contribution >= 0.6 is 0 Å². The molecule has 0 radical (unpaired) electrons. The fraction of sp³-hybridized carbons (Fsp3) is 0.385. The van der Waals surface area contributed by atoms with Crippen molar-refractivity contribution >= 4 is 6.01 Å². The molecule has 1 aromatic heterocycles. The zero-order chi connectivity index (χ0) is 14.9. The van der Waals surface area contributed by atoms with Crippen molar-refractivity contribution in [2.24, 2.45) is 0 Å². The molecule has 0 aliphatic carbocycles. The lowest BCUT2D eigenvalue weighted by molar-refractivity contribution is -0.221. The number of ether oxygens (including phenoxy) is 1. The highest BCUT2D eigenvalue weighted by molar-refractivity contribution is 5.55. The van der Waals surface area contributed by atoms with Gasteiger partial charge in [0.05, 0.1) is 13.2 Å². The van der Waals surface area contributed by atoms with Crippen molar-refractivity contribution in [1.29, 1.82) is 0 Å². The van der Waals surface area contributed by atoms with Crippen molar-refractivity contribution in [2.45, 2.75) is 12.3 Å². The van der Waals surface area contributed by atoms with Crippen molar-refractivity contribution in [3.63, 3.8) is 0 Å². The van der Waals surface area contributed by atoms with Crippen LogP contribution in [0.4, 0.5) is 19.2 Å². The Morgan fingerprint density at radius 3 is 2.67 bits per heavy atom. The second kappa shape index (κ2) is 5.36. The van der Waals surface area contributed by atoms with Crippen LogP contribution in [0.2, 0.25) is 0 Å². The van der Waals surface area contributed by atoms with Gasteiger partial charge in [-0.25, -0.2) is 0 Å². The van der Waals surface area contributed by atoms with Gasteiger partial charge in [-0.15, -0.1) is 0 Å². The second-order valence-electron chi connectivity index (χ2n) is 4.61. The molecule has 0 N–H and O–H groups in total. The van der Waals surface area contributed by atoms with Gasteiger partial charge in [-0.1, -0.05) is 35.5 Å². The van der Waals surface area contributed by atoms with Gasteiger partial charge in [0.1, 0.15) is 0 Å². The lowest BCUT2D eigenvalue weighted by Crippen LogP contribution is -2.49. The Hall–Kier alpha value is -2.09. The SMILES string of the molecule is FC(F)(F)[C@@H]1CN(c2nc(-c3ccccc3)no2)CCO1. The summed E-state index contributed by atoms with van der Waals surface area (Å²) < 4.78 is 47.8. The Morgan fingerprint density at radius 1 is 1.19 bits per heavy atom. The molecule has 3 rings (SSSR count). The maximum atomic E-state index is 12.7. The summed E-state index contributed by atoms with van der Waals surface area (Å²) in [7, 11) is 0. The zero-order valence-electron chi connectivity index (χ0n) is 10.9. The summed E-state index contributed by atoms with van der Waals surface area (Å²) in [6, 6.07) is 9.16. The molecule has 1 aliphatic heterocycles. The molecule has 0 saturated carbocycles. The Kier molecular flexibility index (Phi) is 3.54. The molecule has 1 aromatic carbocycles. The van der Waals surface area contributed by atoms with Crippen LogP contribution in [0, 0.1) is 0 Å². The number of hydrogen-bond donors (Lipinski definition) is 0. The van der Waals surface area contributed by atoms with Crippen LogP contribution in [-0.4, -0.2) is 42.1 Å². The second-order valence-corrected chi connectivity index (χ2v) is 4.61. The number of rotatable bonds is 2. The number of halogens is 3. The smallest absolute Gasteiger partial charge is 0.365 e. The maximum Gasteiger partial charge on any atom is 0.416 e. The van der Waals surface area contributed by atoms with Crippen LogP contribution in [0.25, 0.3) is 11.4 Å². The summed E-state index contributed by atoms with van der Waals surface area (Å²) in [5, 5.41) is 3.80. The Balaban J connectivity index is 1.77. The molecule has 0 amide bonds. The van der Waals surface area contributed by atoms with Gasteiger partial charge in [0.15, 0.2) is 6.10 Å². The molecule has 112 valence electrons. The molecular weight excluding hydrogens is 287 g/mol. The average molecular weight is 299 g/mol. The molecule has 1 atom stereocenters. The van der Waals surface area contributed by atoms with Gasteiger partial charge in [0.25, 0.3) is 0 Å². The van der Waals surface area contributed by atoms with Gasteiger partial charge in [0, 0.05) is 12.1 Å². The van der Waals surface area contributed by atoms with Crippen LogP contribution in [0.1, 0.15) is 0 Å². The quantitative estimate of drug-likeness (QED) is 0.853. The highest BCUT2D eigenvalue weighted by atomic mass is 19.4. The highest BCUT2D eigenvalue weighted by Gasteiger charge is 2.44. The summed E-state index contributed by atoms with van der Waals surface area (Å²) >= 11 is 0. The van der Waals surface area contributed by atoms with E-state index in [1.807, 2.05) is 18.2 Å². The van der Waals surface area contributed by atoms with Crippen LogP contribution in [-0.2, 0) is 4.74 Å². The van der Waals surface area contributed by atoms with Crippen LogP contribution < -0.4 is 4.90 Å². The lowest BCUT2D eigenvalue weighted by Gasteiger charge is -2.32. The highest BCUT2D eigenvalue weighted by Crippen LogP contribution is 2.28. The Morgan fingerprint density at radius 2 is 1.95 bits per heavy atom. The number of alkyl halides is 3. The molecule has 1 aliphatic rings. The molecule has 0 unspecified atom stereocenters. The summed E-state index contributed by atoms with van der Waals surface area (Å²) in [6.07, 6.45) is -6.24. The Labute approximate surface area is 118 Å². The van der Waals surface area contributed by atoms with E-state index in [1.54, 1.807) is 12.1 Å². The van der Waals surface area contributed by atoms with Gasteiger partial charge in [0.2, 0.25) is 5.82 Å². The largest absolute Gasteiger partial charge is 0.416 e. The third-order valence-corrected chi connectivity index (χ3v) is 3.15. The van der Waals surface area contributed by atoms with E-state index < -0.39 is 12.3 Å². The van der Waals surface area contributed by atoms with Crippen molar-refractivity contribution in [3.8, 4) is 11.4 Å². The minimum atomic E-state index is -4.40. The van der Waals surface area contributed by atoms with Crippen molar-refractivity contribution in [1.82, 2.24) is 10.1 Å². The number of aromatic nitrogens is 2. The van der Waals surface area contributed by atoms with Crippen molar-refractivity contribution < 1.29 is 22.4 Å². The van der Waals surface area contributed by atoms with E-state index in [2.05, 4.69) is 10.1 Å². The fourth-order valence-corrected chi connectivity index (χ4v) is 2.07. The lowest BCUT2D eigenvalue weighted by atomic mass is 10.2. The first kappa shape index (κ1) is 13.9. The van der Waals surface area contributed by atoms with Gasteiger partial charge in [-0.3, -0.25) is 0 Å². The van der Waals surface area contributed by atoms with Crippen LogP contribution in [0.5, 0.6) is 0 Å². The van der Waals surface area contributed by atoms with E-state index in [9.17, 15) is 13.2 Å². The van der Waals surface area contributed by atoms with Crippen molar-refractivity contribution in [3.05, 3.63) is 30.3 Å². The molecule has 0 bridgehead atoms. The predicted octanol–water partition coefficient (Wildman–Crippen LogP) is 2.50. The monoisotopic (exact) mass is 299 g/mol. The molecular formula is C13H12F3N3O2. The topological polar surface area (TPSA) is 51.4 Å². The first-order valence-electron chi connectivity index (χ1n) is 6.36.